The smallest absolute Gasteiger partial charge is 0.251 e. The van der Waals surface area contributed by atoms with Gasteiger partial charge in [0.05, 0.1) is 45.1 Å². The Balaban J connectivity index is 2.02. The van der Waals surface area contributed by atoms with Crippen LogP contribution in [0.4, 0.5) is 0 Å². The Morgan fingerprint density at radius 3 is 2.08 bits per heavy atom. The van der Waals surface area contributed by atoms with Gasteiger partial charge in [0.2, 0.25) is 5.91 Å². The number of ether oxygens (including phenoxy) is 3. The SMILES string of the molecule is CCOCCOC[C@H](COCc1ccccc1)NC(=O)C(O)[C@H](Cc1ccccc1)NC(=O)CCC(C)C. The number of carbonyl (C=O) groups excluding carboxylic acids is 2. The topological polar surface area (TPSA) is 106 Å². The number of rotatable bonds is 19. The molecule has 0 aliphatic heterocycles. The molecule has 0 bridgehead atoms. The molecule has 3 N–H and O–H groups in total. The van der Waals surface area contributed by atoms with Crippen molar-refractivity contribution < 1.29 is 28.9 Å². The molecule has 2 aromatic carbocycles. The number of benzene rings is 2. The summed E-state index contributed by atoms with van der Waals surface area (Å²) in [5.74, 6) is -0.397. The summed E-state index contributed by atoms with van der Waals surface area (Å²) < 4.78 is 16.8. The van der Waals surface area contributed by atoms with Gasteiger partial charge < -0.3 is 30.0 Å². The van der Waals surface area contributed by atoms with Gasteiger partial charge in [0.25, 0.3) is 5.91 Å². The van der Waals surface area contributed by atoms with E-state index in [1.807, 2.05) is 81.4 Å². The van der Waals surface area contributed by atoms with Crippen molar-refractivity contribution in [1.29, 1.82) is 0 Å². The Labute approximate surface area is 227 Å². The molecule has 1 unspecified atom stereocenters. The average molecular weight is 529 g/mol. The Morgan fingerprint density at radius 2 is 1.45 bits per heavy atom. The molecule has 38 heavy (non-hydrogen) atoms. The van der Waals surface area contributed by atoms with Crippen molar-refractivity contribution in [3.05, 3.63) is 71.8 Å². The summed E-state index contributed by atoms with van der Waals surface area (Å²) in [7, 11) is 0. The maximum Gasteiger partial charge on any atom is 0.251 e. The van der Waals surface area contributed by atoms with E-state index in [4.69, 9.17) is 14.2 Å². The lowest BCUT2D eigenvalue weighted by Crippen LogP contribution is -2.54. The summed E-state index contributed by atoms with van der Waals surface area (Å²) in [4.78, 5) is 25.7. The van der Waals surface area contributed by atoms with Crippen LogP contribution in [0.1, 0.15) is 44.7 Å². The van der Waals surface area contributed by atoms with E-state index in [1.165, 1.54) is 0 Å². The number of hydrogen-bond acceptors (Lipinski definition) is 6. The molecule has 0 radical (unpaired) electrons. The fraction of sp³-hybridized carbons (Fsp3) is 0.533. The molecular formula is C30H44N2O6. The van der Waals surface area contributed by atoms with Crippen LogP contribution in [0.5, 0.6) is 0 Å². The van der Waals surface area contributed by atoms with Crippen LogP contribution in [0, 0.1) is 5.92 Å². The average Bonchev–Trinajstić information content (AvgIpc) is 2.92. The highest BCUT2D eigenvalue weighted by Gasteiger charge is 2.29. The predicted octanol–water partition coefficient (Wildman–Crippen LogP) is 3.27. The summed E-state index contributed by atoms with van der Waals surface area (Å²) in [5, 5.41) is 16.8. The Morgan fingerprint density at radius 1 is 0.842 bits per heavy atom. The van der Waals surface area contributed by atoms with Crippen LogP contribution in [0.3, 0.4) is 0 Å². The lowest BCUT2D eigenvalue weighted by molar-refractivity contribution is -0.134. The Hall–Kier alpha value is -2.78. The molecule has 3 atom stereocenters. The molecular weight excluding hydrogens is 484 g/mol. The first-order valence-corrected chi connectivity index (χ1v) is 13.5. The molecule has 0 saturated heterocycles. The molecule has 0 aromatic heterocycles. The first kappa shape index (κ1) is 31.4. The fourth-order valence-corrected chi connectivity index (χ4v) is 3.79. The predicted molar refractivity (Wildman–Crippen MR) is 147 cm³/mol. The van der Waals surface area contributed by atoms with Crippen LogP contribution < -0.4 is 10.6 Å². The van der Waals surface area contributed by atoms with Gasteiger partial charge in [-0.2, -0.15) is 0 Å². The van der Waals surface area contributed by atoms with Crippen LogP contribution in [0.25, 0.3) is 0 Å². The van der Waals surface area contributed by atoms with Crippen molar-refractivity contribution >= 4 is 11.8 Å². The molecule has 0 saturated carbocycles. The fourth-order valence-electron chi connectivity index (χ4n) is 3.79. The third-order valence-corrected chi connectivity index (χ3v) is 5.92. The molecule has 0 fully saturated rings. The van der Waals surface area contributed by atoms with E-state index in [2.05, 4.69) is 10.6 Å². The highest BCUT2D eigenvalue weighted by molar-refractivity contribution is 5.83. The second-order valence-corrected chi connectivity index (χ2v) is 9.72. The number of hydrogen-bond donors (Lipinski definition) is 3. The largest absolute Gasteiger partial charge is 0.381 e. The van der Waals surface area contributed by atoms with E-state index in [0.29, 0.717) is 45.2 Å². The van der Waals surface area contributed by atoms with E-state index < -0.39 is 24.1 Å². The van der Waals surface area contributed by atoms with Gasteiger partial charge in [0.15, 0.2) is 6.10 Å². The van der Waals surface area contributed by atoms with Crippen LogP contribution in [-0.4, -0.2) is 68.1 Å². The normalized spacial score (nSPS) is 13.6. The monoisotopic (exact) mass is 528 g/mol. The Bertz CT molecular complexity index is 909. The molecule has 2 amide bonds. The summed E-state index contributed by atoms with van der Waals surface area (Å²) in [6, 6.07) is 18.0. The molecule has 2 rings (SSSR count). The maximum atomic E-state index is 13.2. The van der Waals surface area contributed by atoms with Gasteiger partial charge in [-0.25, -0.2) is 0 Å². The van der Waals surface area contributed by atoms with Gasteiger partial charge in [-0.05, 0) is 36.8 Å². The molecule has 2 aromatic rings. The van der Waals surface area contributed by atoms with Crippen molar-refractivity contribution in [3.8, 4) is 0 Å². The van der Waals surface area contributed by atoms with Gasteiger partial charge in [-0.3, -0.25) is 9.59 Å². The van der Waals surface area contributed by atoms with Crippen molar-refractivity contribution in [2.45, 2.75) is 64.8 Å². The van der Waals surface area contributed by atoms with Gasteiger partial charge in [-0.15, -0.1) is 0 Å². The second kappa shape index (κ2) is 18.5. The van der Waals surface area contributed by atoms with Crippen LogP contribution in [0.2, 0.25) is 0 Å². The minimum atomic E-state index is -1.45. The summed E-state index contributed by atoms with van der Waals surface area (Å²) in [6.45, 7) is 8.22. The van der Waals surface area contributed by atoms with Crippen LogP contribution in [0.15, 0.2) is 60.7 Å². The lowest BCUT2D eigenvalue weighted by atomic mass is 9.99. The number of aliphatic hydroxyl groups excluding tert-OH is 1. The van der Waals surface area contributed by atoms with E-state index in [1.54, 1.807) is 0 Å². The minimum Gasteiger partial charge on any atom is -0.381 e. The van der Waals surface area contributed by atoms with E-state index in [-0.39, 0.29) is 19.1 Å². The third-order valence-electron chi connectivity index (χ3n) is 5.92. The minimum absolute atomic E-state index is 0.187. The highest BCUT2D eigenvalue weighted by atomic mass is 16.5. The number of carbonyl (C=O) groups is 2. The summed E-state index contributed by atoms with van der Waals surface area (Å²) >= 11 is 0. The number of amides is 2. The molecule has 8 heteroatoms. The zero-order chi connectivity index (χ0) is 27.6. The zero-order valence-corrected chi connectivity index (χ0v) is 22.9. The van der Waals surface area contributed by atoms with Crippen LogP contribution in [-0.2, 0) is 36.8 Å². The van der Waals surface area contributed by atoms with Crippen molar-refractivity contribution in [3.63, 3.8) is 0 Å². The van der Waals surface area contributed by atoms with Gasteiger partial charge in [-0.1, -0.05) is 74.5 Å². The first-order valence-electron chi connectivity index (χ1n) is 13.5. The highest BCUT2D eigenvalue weighted by Crippen LogP contribution is 2.10. The van der Waals surface area contributed by atoms with Crippen molar-refractivity contribution in [2.75, 3.05) is 33.0 Å². The summed E-state index contributed by atoms with van der Waals surface area (Å²) in [6.07, 6.45) is -0.0613. The standard InChI is InChI=1S/C30H44N2O6/c1-4-36-17-18-37-21-26(22-38-20-25-13-9-6-10-14-25)31-30(35)29(34)27(19-24-11-7-5-8-12-24)32-28(33)16-15-23(2)3/h5-14,23,26-27,29,34H,4,15-22H2,1-3H3,(H,31,35)(H,32,33)/t26-,27+,29?/m1/s1. The molecule has 0 aliphatic carbocycles. The van der Waals surface area contributed by atoms with E-state index >= 15 is 0 Å². The van der Waals surface area contributed by atoms with Crippen molar-refractivity contribution in [2.24, 2.45) is 5.92 Å². The summed E-state index contributed by atoms with van der Waals surface area (Å²) in [5.41, 5.74) is 1.93. The molecule has 0 spiro atoms. The first-order chi connectivity index (χ1) is 18.4. The van der Waals surface area contributed by atoms with Crippen molar-refractivity contribution in [1.82, 2.24) is 10.6 Å². The van der Waals surface area contributed by atoms with Crippen LogP contribution >= 0.6 is 0 Å². The maximum absolute atomic E-state index is 13.2. The zero-order valence-electron chi connectivity index (χ0n) is 22.9. The number of aliphatic hydroxyl groups is 1. The molecule has 0 aliphatic rings. The number of nitrogens with one attached hydrogen (secondary N) is 2. The third kappa shape index (κ3) is 13.1. The molecule has 210 valence electrons. The van der Waals surface area contributed by atoms with E-state index in [9.17, 15) is 14.7 Å². The lowest BCUT2D eigenvalue weighted by Gasteiger charge is -2.26. The second-order valence-electron chi connectivity index (χ2n) is 9.72. The van der Waals surface area contributed by atoms with E-state index in [0.717, 1.165) is 17.5 Å². The van der Waals surface area contributed by atoms with Gasteiger partial charge in [0.1, 0.15) is 0 Å². The quantitative estimate of drug-likeness (QED) is 0.242. The van der Waals surface area contributed by atoms with Gasteiger partial charge in [0, 0.05) is 13.0 Å². The molecule has 8 nitrogen and oxygen atoms in total. The molecule has 0 heterocycles. The Kier molecular flexibility index (Phi) is 15.3. The van der Waals surface area contributed by atoms with Gasteiger partial charge >= 0.3 is 0 Å².